The van der Waals surface area contributed by atoms with Crippen LogP contribution in [0.4, 0.5) is 4.79 Å². The highest BCUT2D eigenvalue weighted by atomic mass is 16.2. The Morgan fingerprint density at radius 3 is 2.74 bits per heavy atom. The fourth-order valence-electron chi connectivity index (χ4n) is 4.34. The number of hydrogen-bond donors (Lipinski definition) is 2. The first kappa shape index (κ1) is 15.0. The van der Waals surface area contributed by atoms with E-state index in [1.807, 2.05) is 11.1 Å². The van der Waals surface area contributed by atoms with Crippen LogP contribution in [-0.2, 0) is 13.0 Å². The maximum Gasteiger partial charge on any atom is 0.317 e. The monoisotopic (exact) mass is 317 g/mol. The van der Waals surface area contributed by atoms with Crippen molar-refractivity contribution in [1.29, 1.82) is 0 Å². The quantitative estimate of drug-likeness (QED) is 0.875. The van der Waals surface area contributed by atoms with Crippen LogP contribution < -0.4 is 5.32 Å². The summed E-state index contributed by atoms with van der Waals surface area (Å²) in [5.74, 6) is 0. The average molecular weight is 317 g/mol. The van der Waals surface area contributed by atoms with Crippen molar-refractivity contribution < 1.29 is 4.79 Å². The maximum absolute atomic E-state index is 12.5. The first-order valence-corrected chi connectivity index (χ1v) is 9.10. The van der Waals surface area contributed by atoms with Crippen LogP contribution in [0.15, 0.2) is 6.20 Å². The molecule has 0 atom stereocenters. The highest BCUT2D eigenvalue weighted by Crippen LogP contribution is 2.26. The van der Waals surface area contributed by atoms with E-state index >= 15 is 0 Å². The van der Waals surface area contributed by atoms with Gasteiger partial charge < -0.3 is 15.1 Å². The second-order valence-electron chi connectivity index (χ2n) is 7.24. The Morgan fingerprint density at radius 2 is 1.96 bits per heavy atom. The van der Waals surface area contributed by atoms with E-state index in [9.17, 15) is 4.79 Å². The predicted molar refractivity (Wildman–Crippen MR) is 88.1 cm³/mol. The summed E-state index contributed by atoms with van der Waals surface area (Å²) < 4.78 is 0. The Hall–Kier alpha value is -1.56. The van der Waals surface area contributed by atoms with Crippen molar-refractivity contribution >= 4 is 6.03 Å². The van der Waals surface area contributed by atoms with Crippen molar-refractivity contribution in [2.24, 2.45) is 0 Å². The molecule has 0 spiro atoms. The van der Waals surface area contributed by atoms with E-state index in [0.717, 1.165) is 50.5 Å². The predicted octanol–water partition coefficient (Wildman–Crippen LogP) is 1.88. The van der Waals surface area contributed by atoms with Gasteiger partial charge in [0.05, 0.1) is 12.7 Å². The molecule has 2 amide bonds. The third kappa shape index (κ3) is 3.22. The summed E-state index contributed by atoms with van der Waals surface area (Å²) in [5, 5.41) is 10.3. The first-order valence-electron chi connectivity index (χ1n) is 9.10. The zero-order valence-corrected chi connectivity index (χ0v) is 13.8. The number of piperidine rings is 1. The minimum absolute atomic E-state index is 0.0937. The van der Waals surface area contributed by atoms with Crippen LogP contribution in [0, 0.1) is 0 Å². The lowest BCUT2D eigenvalue weighted by atomic mass is 10.0. The molecule has 2 aliphatic heterocycles. The number of aromatic amines is 1. The fourth-order valence-corrected chi connectivity index (χ4v) is 4.34. The summed E-state index contributed by atoms with van der Waals surface area (Å²) >= 11 is 0. The van der Waals surface area contributed by atoms with E-state index in [4.69, 9.17) is 0 Å². The summed E-state index contributed by atoms with van der Waals surface area (Å²) in [7, 11) is 0. The number of H-pyrrole nitrogens is 1. The Bertz CT molecular complexity index is 543. The molecule has 126 valence electrons. The molecule has 2 fully saturated rings. The van der Waals surface area contributed by atoms with Gasteiger partial charge in [-0.15, -0.1) is 0 Å². The van der Waals surface area contributed by atoms with E-state index in [1.165, 1.54) is 31.4 Å². The highest BCUT2D eigenvalue weighted by molar-refractivity contribution is 5.74. The summed E-state index contributed by atoms with van der Waals surface area (Å²) in [5.41, 5.74) is 2.33. The van der Waals surface area contributed by atoms with Gasteiger partial charge in [0.15, 0.2) is 0 Å². The average Bonchev–Trinajstić information content (AvgIpc) is 3.26. The largest absolute Gasteiger partial charge is 0.335 e. The Balaban J connectivity index is 1.25. The third-order valence-corrected chi connectivity index (χ3v) is 5.79. The number of aromatic nitrogens is 2. The molecule has 0 aromatic carbocycles. The molecule has 1 saturated carbocycles. The van der Waals surface area contributed by atoms with Crippen molar-refractivity contribution in [2.45, 2.75) is 63.6 Å². The Labute approximate surface area is 137 Å². The topological polar surface area (TPSA) is 64.3 Å². The molecule has 4 rings (SSSR count). The van der Waals surface area contributed by atoms with Gasteiger partial charge in [0.2, 0.25) is 0 Å². The van der Waals surface area contributed by atoms with Crippen LogP contribution in [0.2, 0.25) is 0 Å². The fraction of sp³-hybridized carbons (Fsp3) is 0.765. The molecule has 0 bridgehead atoms. The zero-order valence-electron chi connectivity index (χ0n) is 13.8. The highest BCUT2D eigenvalue weighted by Gasteiger charge is 2.29. The lowest BCUT2D eigenvalue weighted by Crippen LogP contribution is -2.51. The number of fused-ring (bicyclic) bond motifs is 1. The van der Waals surface area contributed by atoms with Crippen LogP contribution >= 0.6 is 0 Å². The van der Waals surface area contributed by atoms with Crippen molar-refractivity contribution in [1.82, 2.24) is 25.3 Å². The molecule has 6 nitrogen and oxygen atoms in total. The Kier molecular flexibility index (Phi) is 4.25. The van der Waals surface area contributed by atoms with Gasteiger partial charge in [-0.2, -0.15) is 5.10 Å². The number of amides is 2. The molecule has 1 aromatic rings. The second-order valence-corrected chi connectivity index (χ2v) is 7.24. The van der Waals surface area contributed by atoms with E-state index in [1.54, 1.807) is 0 Å². The summed E-state index contributed by atoms with van der Waals surface area (Å²) in [6.45, 7) is 3.74. The molecule has 3 aliphatic rings. The molecule has 2 N–H and O–H groups in total. The van der Waals surface area contributed by atoms with Gasteiger partial charge in [0, 0.05) is 49.4 Å². The number of rotatable bonds is 2. The molecular weight excluding hydrogens is 290 g/mol. The van der Waals surface area contributed by atoms with Gasteiger partial charge >= 0.3 is 6.03 Å². The van der Waals surface area contributed by atoms with Crippen molar-refractivity contribution in [3.63, 3.8) is 0 Å². The van der Waals surface area contributed by atoms with Gasteiger partial charge in [-0.3, -0.25) is 5.10 Å². The SMILES string of the molecule is O=C(NC1CCN(C2CCCC2)CC1)N1CCc2[nH]ncc2C1. The molecule has 23 heavy (non-hydrogen) atoms. The molecule has 1 saturated heterocycles. The summed E-state index contributed by atoms with van der Waals surface area (Å²) in [6, 6.07) is 1.25. The number of carbonyl (C=O) groups excluding carboxylic acids is 1. The number of hydrogen-bond acceptors (Lipinski definition) is 3. The van der Waals surface area contributed by atoms with Crippen LogP contribution in [0.3, 0.4) is 0 Å². The minimum Gasteiger partial charge on any atom is -0.335 e. The van der Waals surface area contributed by atoms with Gasteiger partial charge in [-0.1, -0.05) is 12.8 Å². The van der Waals surface area contributed by atoms with E-state index in [2.05, 4.69) is 20.4 Å². The van der Waals surface area contributed by atoms with Crippen molar-refractivity contribution in [3.05, 3.63) is 17.5 Å². The minimum atomic E-state index is 0.0937. The summed E-state index contributed by atoms with van der Waals surface area (Å²) in [6.07, 6.45) is 10.4. The lowest BCUT2D eigenvalue weighted by Gasteiger charge is -2.37. The molecule has 3 heterocycles. The first-order chi connectivity index (χ1) is 11.3. The second kappa shape index (κ2) is 6.51. The molecular formula is C17H27N5O. The normalized spacial score (nSPS) is 23.9. The number of likely N-dealkylation sites (tertiary alicyclic amines) is 1. The number of nitrogens with zero attached hydrogens (tertiary/aromatic N) is 3. The van der Waals surface area contributed by atoms with Crippen LogP contribution in [-0.4, -0.2) is 57.7 Å². The van der Waals surface area contributed by atoms with Crippen molar-refractivity contribution in [2.75, 3.05) is 19.6 Å². The Morgan fingerprint density at radius 1 is 1.17 bits per heavy atom. The van der Waals surface area contributed by atoms with E-state index in [-0.39, 0.29) is 6.03 Å². The molecule has 6 heteroatoms. The van der Waals surface area contributed by atoms with Crippen LogP contribution in [0.5, 0.6) is 0 Å². The zero-order chi connectivity index (χ0) is 15.6. The van der Waals surface area contributed by atoms with Crippen LogP contribution in [0.1, 0.15) is 49.8 Å². The summed E-state index contributed by atoms with van der Waals surface area (Å²) in [4.78, 5) is 17.1. The number of carbonyl (C=O) groups is 1. The molecule has 1 aliphatic carbocycles. The third-order valence-electron chi connectivity index (χ3n) is 5.79. The van der Waals surface area contributed by atoms with E-state index < -0.39 is 0 Å². The maximum atomic E-state index is 12.5. The van der Waals surface area contributed by atoms with Gasteiger partial charge in [0.1, 0.15) is 0 Å². The lowest BCUT2D eigenvalue weighted by molar-refractivity contribution is 0.139. The molecule has 0 unspecified atom stereocenters. The number of urea groups is 1. The molecule has 1 aromatic heterocycles. The standard InChI is InChI=1S/C17H27N5O/c23-17(22-10-7-16-13(12-22)11-18-20-16)19-14-5-8-21(9-6-14)15-3-1-2-4-15/h11,14-15H,1-10,12H2,(H,18,20)(H,19,23). The van der Waals surface area contributed by atoms with Gasteiger partial charge in [0.25, 0.3) is 0 Å². The smallest absolute Gasteiger partial charge is 0.317 e. The van der Waals surface area contributed by atoms with E-state index in [0.29, 0.717) is 12.6 Å². The van der Waals surface area contributed by atoms with Gasteiger partial charge in [-0.05, 0) is 25.7 Å². The molecule has 0 radical (unpaired) electrons. The van der Waals surface area contributed by atoms with Crippen molar-refractivity contribution in [3.8, 4) is 0 Å². The van der Waals surface area contributed by atoms with Crippen LogP contribution in [0.25, 0.3) is 0 Å². The van der Waals surface area contributed by atoms with Gasteiger partial charge in [-0.25, -0.2) is 4.79 Å². The number of nitrogens with one attached hydrogen (secondary N) is 2.